The molecule has 0 atom stereocenters. The number of non-ortho nitro benzene ring substituents is 1. The van der Waals surface area contributed by atoms with E-state index in [9.17, 15) is 10.1 Å². The van der Waals surface area contributed by atoms with Gasteiger partial charge in [0.1, 0.15) is 0 Å². The van der Waals surface area contributed by atoms with Crippen molar-refractivity contribution < 1.29 is 4.92 Å². The first-order chi connectivity index (χ1) is 8.20. The molecule has 0 fully saturated rings. The van der Waals surface area contributed by atoms with Crippen molar-refractivity contribution in [2.45, 2.75) is 25.7 Å². The standard InChI is InChI=1S/C13H12N2O2/c14-9-10-6-12(8-13(7-10)15(16)17)11-4-2-1-3-5-11/h4,6-8H,1-3,5H2. The zero-order valence-electron chi connectivity index (χ0n) is 9.35. The molecule has 4 heteroatoms. The van der Waals surface area contributed by atoms with E-state index in [-0.39, 0.29) is 5.69 Å². The number of allylic oxidation sites excluding steroid dienone is 2. The molecule has 0 saturated heterocycles. The smallest absolute Gasteiger partial charge is 0.258 e. The minimum atomic E-state index is -0.451. The monoisotopic (exact) mass is 228 g/mol. The molecular formula is C13H12N2O2. The van der Waals surface area contributed by atoms with Crippen molar-refractivity contribution >= 4 is 11.3 Å². The fourth-order valence-electron chi connectivity index (χ4n) is 2.07. The summed E-state index contributed by atoms with van der Waals surface area (Å²) in [5.74, 6) is 0. The molecule has 0 radical (unpaired) electrons. The van der Waals surface area contributed by atoms with Crippen molar-refractivity contribution in [2.24, 2.45) is 0 Å². The Balaban J connectivity index is 2.46. The molecule has 1 aliphatic carbocycles. The maximum absolute atomic E-state index is 10.8. The lowest BCUT2D eigenvalue weighted by Crippen LogP contribution is -1.95. The van der Waals surface area contributed by atoms with Crippen molar-refractivity contribution in [1.29, 1.82) is 5.26 Å². The fraction of sp³-hybridized carbons (Fsp3) is 0.308. The molecule has 0 spiro atoms. The van der Waals surface area contributed by atoms with E-state index >= 15 is 0 Å². The first kappa shape index (κ1) is 11.3. The number of rotatable bonds is 2. The van der Waals surface area contributed by atoms with Crippen LogP contribution in [0, 0.1) is 21.4 Å². The maximum Gasteiger partial charge on any atom is 0.271 e. The van der Waals surface area contributed by atoms with Crippen LogP contribution in [0.2, 0.25) is 0 Å². The van der Waals surface area contributed by atoms with Crippen LogP contribution >= 0.6 is 0 Å². The zero-order valence-corrected chi connectivity index (χ0v) is 9.35. The summed E-state index contributed by atoms with van der Waals surface area (Å²) >= 11 is 0. The molecule has 1 aromatic rings. The highest BCUT2D eigenvalue weighted by Crippen LogP contribution is 2.29. The second-order valence-corrected chi connectivity index (χ2v) is 4.11. The van der Waals surface area contributed by atoms with Gasteiger partial charge < -0.3 is 0 Å². The predicted octanol–water partition coefficient (Wildman–Crippen LogP) is 3.42. The van der Waals surface area contributed by atoms with Crippen LogP contribution in [0.3, 0.4) is 0 Å². The van der Waals surface area contributed by atoms with Gasteiger partial charge in [0.05, 0.1) is 16.6 Å². The van der Waals surface area contributed by atoms with Crippen molar-refractivity contribution in [1.82, 2.24) is 0 Å². The van der Waals surface area contributed by atoms with Gasteiger partial charge in [-0.05, 0) is 42.9 Å². The van der Waals surface area contributed by atoms with E-state index in [0.29, 0.717) is 5.56 Å². The number of nitro groups is 1. The zero-order chi connectivity index (χ0) is 12.3. The molecule has 0 aromatic heterocycles. The highest BCUT2D eigenvalue weighted by Gasteiger charge is 2.13. The molecule has 2 rings (SSSR count). The lowest BCUT2D eigenvalue weighted by molar-refractivity contribution is -0.384. The number of nitro benzene ring substituents is 1. The molecular weight excluding hydrogens is 216 g/mol. The lowest BCUT2D eigenvalue weighted by atomic mass is 9.92. The Kier molecular flexibility index (Phi) is 3.20. The van der Waals surface area contributed by atoms with Crippen molar-refractivity contribution in [3.05, 3.63) is 45.5 Å². The number of benzene rings is 1. The summed E-state index contributed by atoms with van der Waals surface area (Å²) in [5.41, 5.74) is 2.28. The van der Waals surface area contributed by atoms with Gasteiger partial charge in [-0.15, -0.1) is 0 Å². The minimum Gasteiger partial charge on any atom is -0.258 e. The van der Waals surface area contributed by atoms with E-state index < -0.39 is 4.92 Å². The molecule has 0 heterocycles. The Morgan fingerprint density at radius 3 is 2.71 bits per heavy atom. The average Bonchev–Trinajstić information content (AvgIpc) is 2.39. The number of hydrogen-bond acceptors (Lipinski definition) is 3. The summed E-state index contributed by atoms with van der Waals surface area (Å²) in [6, 6.07) is 6.56. The highest BCUT2D eigenvalue weighted by atomic mass is 16.6. The third-order valence-corrected chi connectivity index (χ3v) is 2.92. The lowest BCUT2D eigenvalue weighted by Gasteiger charge is -2.12. The largest absolute Gasteiger partial charge is 0.271 e. The first-order valence-electron chi connectivity index (χ1n) is 5.59. The van der Waals surface area contributed by atoms with Crippen LogP contribution in [-0.4, -0.2) is 4.92 Å². The predicted molar refractivity (Wildman–Crippen MR) is 64.3 cm³/mol. The van der Waals surface area contributed by atoms with Gasteiger partial charge in [-0.1, -0.05) is 6.08 Å². The molecule has 0 N–H and O–H groups in total. The Bertz CT molecular complexity index is 527. The third-order valence-electron chi connectivity index (χ3n) is 2.92. The maximum atomic E-state index is 10.8. The van der Waals surface area contributed by atoms with Crippen LogP contribution in [-0.2, 0) is 0 Å². The molecule has 0 saturated carbocycles. The highest BCUT2D eigenvalue weighted by molar-refractivity contribution is 5.69. The van der Waals surface area contributed by atoms with Gasteiger partial charge in [0.2, 0.25) is 0 Å². The summed E-state index contributed by atoms with van der Waals surface area (Å²) < 4.78 is 0. The molecule has 0 unspecified atom stereocenters. The van der Waals surface area contributed by atoms with E-state index in [1.807, 2.05) is 6.07 Å². The topological polar surface area (TPSA) is 66.9 Å². The SMILES string of the molecule is N#Cc1cc(C2=CCCCC2)cc([N+](=O)[O-])c1. The summed E-state index contributed by atoms with van der Waals surface area (Å²) in [6.45, 7) is 0. The van der Waals surface area contributed by atoms with E-state index in [1.165, 1.54) is 12.5 Å². The van der Waals surface area contributed by atoms with Crippen LogP contribution in [0.25, 0.3) is 5.57 Å². The normalized spacial score (nSPS) is 14.9. The second-order valence-electron chi connectivity index (χ2n) is 4.11. The fourth-order valence-corrected chi connectivity index (χ4v) is 2.07. The van der Waals surface area contributed by atoms with E-state index in [4.69, 9.17) is 5.26 Å². The van der Waals surface area contributed by atoms with Crippen LogP contribution in [0.5, 0.6) is 0 Å². The Morgan fingerprint density at radius 1 is 1.29 bits per heavy atom. The molecule has 1 aromatic carbocycles. The van der Waals surface area contributed by atoms with E-state index in [0.717, 1.165) is 30.4 Å². The van der Waals surface area contributed by atoms with Crippen molar-refractivity contribution in [3.8, 4) is 6.07 Å². The van der Waals surface area contributed by atoms with Crippen molar-refractivity contribution in [2.75, 3.05) is 0 Å². The van der Waals surface area contributed by atoms with E-state index in [1.54, 1.807) is 12.1 Å². The van der Waals surface area contributed by atoms with Gasteiger partial charge in [-0.3, -0.25) is 10.1 Å². The van der Waals surface area contributed by atoms with Crippen LogP contribution in [0.15, 0.2) is 24.3 Å². The van der Waals surface area contributed by atoms with Crippen molar-refractivity contribution in [3.63, 3.8) is 0 Å². The molecule has 0 bridgehead atoms. The molecule has 4 nitrogen and oxygen atoms in total. The summed E-state index contributed by atoms with van der Waals surface area (Å²) in [7, 11) is 0. The minimum absolute atomic E-state index is 0.00877. The summed E-state index contributed by atoms with van der Waals surface area (Å²) in [5, 5.41) is 19.7. The average molecular weight is 228 g/mol. The van der Waals surface area contributed by atoms with Crippen LogP contribution in [0.1, 0.15) is 36.8 Å². The summed E-state index contributed by atoms with van der Waals surface area (Å²) in [4.78, 5) is 10.3. The van der Waals surface area contributed by atoms with Gasteiger partial charge in [0, 0.05) is 12.1 Å². The van der Waals surface area contributed by atoms with Crippen LogP contribution < -0.4 is 0 Å². The number of hydrogen-bond donors (Lipinski definition) is 0. The second kappa shape index (κ2) is 4.79. The Labute approximate surface area is 99.3 Å². The van der Waals surface area contributed by atoms with Gasteiger partial charge in [-0.2, -0.15) is 5.26 Å². The van der Waals surface area contributed by atoms with E-state index in [2.05, 4.69) is 6.08 Å². The summed E-state index contributed by atoms with van der Waals surface area (Å²) in [6.07, 6.45) is 6.34. The molecule has 0 amide bonds. The molecule has 17 heavy (non-hydrogen) atoms. The molecule has 0 aliphatic heterocycles. The Hall–Kier alpha value is -2.15. The molecule has 86 valence electrons. The van der Waals surface area contributed by atoms with Gasteiger partial charge >= 0.3 is 0 Å². The van der Waals surface area contributed by atoms with Gasteiger partial charge in [-0.25, -0.2) is 0 Å². The Morgan fingerprint density at radius 2 is 2.12 bits per heavy atom. The number of nitriles is 1. The van der Waals surface area contributed by atoms with Gasteiger partial charge in [0.25, 0.3) is 5.69 Å². The number of nitrogens with zero attached hydrogens (tertiary/aromatic N) is 2. The third kappa shape index (κ3) is 2.51. The quantitative estimate of drug-likeness (QED) is 0.575. The first-order valence-corrected chi connectivity index (χ1v) is 5.59. The van der Waals surface area contributed by atoms with Gasteiger partial charge in [0.15, 0.2) is 0 Å². The molecule has 1 aliphatic rings. The van der Waals surface area contributed by atoms with Crippen LogP contribution in [0.4, 0.5) is 5.69 Å².